The van der Waals surface area contributed by atoms with Crippen LogP contribution in [0.4, 0.5) is 0 Å². The van der Waals surface area contributed by atoms with Gasteiger partial charge in [0, 0.05) is 6.04 Å². The van der Waals surface area contributed by atoms with E-state index in [4.69, 9.17) is 0 Å². The molecule has 0 aliphatic heterocycles. The molecule has 0 aromatic heterocycles. The maximum Gasteiger partial charge on any atom is 0.322 e. The van der Waals surface area contributed by atoms with Crippen LogP contribution in [-0.4, -0.2) is 32.8 Å². The summed E-state index contributed by atoms with van der Waals surface area (Å²) in [6, 6.07) is -0.00632. The van der Waals surface area contributed by atoms with Gasteiger partial charge in [0.2, 0.25) is 10.0 Å². The zero-order valence-electron chi connectivity index (χ0n) is 9.57. The predicted molar refractivity (Wildman–Crippen MR) is 60.4 cm³/mol. The average molecular weight is 249 g/mol. The number of carbonyl (C=O) groups excluding carboxylic acids is 1. The van der Waals surface area contributed by atoms with Crippen LogP contribution in [0.3, 0.4) is 0 Å². The second kappa shape index (κ2) is 6.20. The van der Waals surface area contributed by atoms with Crippen LogP contribution in [0, 0.1) is 0 Å². The van der Waals surface area contributed by atoms with Crippen molar-refractivity contribution in [2.45, 2.75) is 45.1 Å². The lowest BCUT2D eigenvalue weighted by molar-refractivity contribution is -0.139. The van der Waals surface area contributed by atoms with E-state index in [0.717, 1.165) is 32.1 Å². The Kier molecular flexibility index (Phi) is 5.21. The molecule has 1 rings (SSSR count). The quantitative estimate of drug-likeness (QED) is 0.732. The SMILES string of the molecule is CCOC(=O)CS(=O)(=O)NC1CCCCC1. The summed E-state index contributed by atoms with van der Waals surface area (Å²) in [6.07, 6.45) is 4.99. The van der Waals surface area contributed by atoms with Crippen LogP contribution in [0.25, 0.3) is 0 Å². The second-order valence-electron chi connectivity index (χ2n) is 4.02. The van der Waals surface area contributed by atoms with Crippen molar-refractivity contribution >= 4 is 16.0 Å². The molecule has 0 radical (unpaired) electrons. The highest BCUT2D eigenvalue weighted by Gasteiger charge is 2.23. The summed E-state index contributed by atoms with van der Waals surface area (Å²) in [4.78, 5) is 11.1. The van der Waals surface area contributed by atoms with E-state index in [1.54, 1.807) is 6.92 Å². The molecule has 16 heavy (non-hydrogen) atoms. The first-order valence-electron chi connectivity index (χ1n) is 5.69. The number of hydrogen-bond donors (Lipinski definition) is 1. The van der Waals surface area contributed by atoms with E-state index in [9.17, 15) is 13.2 Å². The molecule has 1 saturated carbocycles. The third-order valence-corrected chi connectivity index (χ3v) is 3.87. The first-order valence-corrected chi connectivity index (χ1v) is 7.34. The Balaban J connectivity index is 2.41. The monoisotopic (exact) mass is 249 g/mol. The molecule has 0 heterocycles. The molecule has 0 amide bonds. The van der Waals surface area contributed by atoms with Gasteiger partial charge in [0.1, 0.15) is 0 Å². The number of esters is 1. The predicted octanol–water partition coefficient (Wildman–Crippen LogP) is 0.802. The van der Waals surface area contributed by atoms with Crippen molar-refractivity contribution in [3.05, 3.63) is 0 Å². The Bertz CT molecular complexity index is 320. The first kappa shape index (κ1) is 13.4. The van der Waals surface area contributed by atoms with Gasteiger partial charge in [-0.1, -0.05) is 19.3 Å². The van der Waals surface area contributed by atoms with Gasteiger partial charge in [0.05, 0.1) is 6.61 Å². The summed E-state index contributed by atoms with van der Waals surface area (Å²) < 4.78 is 30.3. The number of carbonyl (C=O) groups is 1. The molecule has 0 aromatic rings. The van der Waals surface area contributed by atoms with Gasteiger partial charge in [-0.25, -0.2) is 13.1 Å². The average Bonchev–Trinajstić information content (AvgIpc) is 2.17. The second-order valence-corrected chi connectivity index (χ2v) is 5.77. The molecule has 1 fully saturated rings. The zero-order valence-corrected chi connectivity index (χ0v) is 10.4. The van der Waals surface area contributed by atoms with E-state index in [-0.39, 0.29) is 12.6 Å². The summed E-state index contributed by atoms with van der Waals surface area (Å²) in [5.41, 5.74) is 0. The van der Waals surface area contributed by atoms with Crippen LogP contribution in [0.5, 0.6) is 0 Å². The van der Waals surface area contributed by atoms with Crippen LogP contribution in [0.2, 0.25) is 0 Å². The standard InChI is InChI=1S/C10H19NO4S/c1-2-15-10(12)8-16(13,14)11-9-6-4-3-5-7-9/h9,11H,2-8H2,1H3. The summed E-state index contributed by atoms with van der Waals surface area (Å²) in [7, 11) is -3.53. The summed E-state index contributed by atoms with van der Waals surface area (Å²) in [5.74, 6) is -1.26. The van der Waals surface area contributed by atoms with E-state index in [2.05, 4.69) is 9.46 Å². The lowest BCUT2D eigenvalue weighted by Gasteiger charge is -2.22. The first-order chi connectivity index (χ1) is 7.53. The minimum absolute atomic E-state index is 0.00632. The van der Waals surface area contributed by atoms with E-state index < -0.39 is 21.7 Å². The molecule has 0 aromatic carbocycles. The van der Waals surface area contributed by atoms with Gasteiger partial charge in [0.15, 0.2) is 5.75 Å². The Hall–Kier alpha value is -0.620. The van der Waals surface area contributed by atoms with Gasteiger partial charge in [-0.2, -0.15) is 0 Å². The van der Waals surface area contributed by atoms with Crippen molar-refractivity contribution in [2.75, 3.05) is 12.4 Å². The zero-order chi connectivity index (χ0) is 12.0. The highest BCUT2D eigenvalue weighted by atomic mass is 32.2. The number of ether oxygens (including phenoxy) is 1. The van der Waals surface area contributed by atoms with Crippen LogP contribution >= 0.6 is 0 Å². The Morgan fingerprint density at radius 1 is 1.31 bits per heavy atom. The lowest BCUT2D eigenvalue weighted by atomic mass is 9.96. The van der Waals surface area contributed by atoms with Crippen LogP contribution in [0.15, 0.2) is 0 Å². The van der Waals surface area contributed by atoms with E-state index >= 15 is 0 Å². The normalized spacial score (nSPS) is 18.3. The van der Waals surface area contributed by atoms with Gasteiger partial charge in [-0.3, -0.25) is 4.79 Å². The molecule has 94 valence electrons. The number of sulfonamides is 1. The number of rotatable bonds is 5. The van der Waals surface area contributed by atoms with Crippen molar-refractivity contribution in [1.82, 2.24) is 4.72 Å². The van der Waals surface area contributed by atoms with Gasteiger partial charge in [-0.05, 0) is 19.8 Å². The maximum atomic E-state index is 11.6. The largest absolute Gasteiger partial charge is 0.465 e. The Morgan fingerprint density at radius 3 is 2.50 bits per heavy atom. The van der Waals surface area contributed by atoms with Crippen LogP contribution in [-0.2, 0) is 19.6 Å². The molecule has 1 N–H and O–H groups in total. The van der Waals surface area contributed by atoms with E-state index in [0.29, 0.717) is 0 Å². The third kappa shape index (κ3) is 4.94. The van der Waals surface area contributed by atoms with Gasteiger partial charge >= 0.3 is 5.97 Å². The summed E-state index contributed by atoms with van der Waals surface area (Å²) in [5, 5.41) is 0. The topological polar surface area (TPSA) is 72.5 Å². The van der Waals surface area contributed by atoms with E-state index in [1.165, 1.54) is 0 Å². The lowest BCUT2D eigenvalue weighted by Crippen LogP contribution is -2.39. The molecule has 0 saturated heterocycles. The minimum Gasteiger partial charge on any atom is -0.465 e. The fourth-order valence-corrected chi connectivity index (χ4v) is 3.09. The van der Waals surface area contributed by atoms with Crippen LogP contribution < -0.4 is 4.72 Å². The number of nitrogens with one attached hydrogen (secondary N) is 1. The van der Waals surface area contributed by atoms with Crippen molar-refractivity contribution in [1.29, 1.82) is 0 Å². The van der Waals surface area contributed by atoms with E-state index in [1.807, 2.05) is 0 Å². The Labute approximate surface area is 96.6 Å². The fraction of sp³-hybridized carbons (Fsp3) is 0.900. The fourth-order valence-electron chi connectivity index (χ4n) is 1.87. The van der Waals surface area contributed by atoms with Crippen molar-refractivity contribution in [3.8, 4) is 0 Å². The maximum absolute atomic E-state index is 11.6. The molecule has 0 spiro atoms. The minimum atomic E-state index is -3.53. The van der Waals surface area contributed by atoms with Gasteiger partial charge < -0.3 is 4.74 Å². The molecule has 1 aliphatic rings. The third-order valence-electron chi connectivity index (χ3n) is 2.56. The molecule has 5 nitrogen and oxygen atoms in total. The molecular weight excluding hydrogens is 230 g/mol. The molecule has 0 atom stereocenters. The van der Waals surface area contributed by atoms with Crippen LogP contribution in [0.1, 0.15) is 39.0 Å². The summed E-state index contributed by atoms with van der Waals surface area (Å²) in [6.45, 7) is 1.86. The number of hydrogen-bond acceptors (Lipinski definition) is 4. The molecule has 0 bridgehead atoms. The van der Waals surface area contributed by atoms with Crippen molar-refractivity contribution in [3.63, 3.8) is 0 Å². The molecule has 1 aliphatic carbocycles. The molecule has 0 unspecified atom stereocenters. The highest BCUT2D eigenvalue weighted by Crippen LogP contribution is 2.18. The highest BCUT2D eigenvalue weighted by molar-refractivity contribution is 7.90. The molecule has 6 heteroatoms. The summed E-state index contributed by atoms with van der Waals surface area (Å²) >= 11 is 0. The smallest absolute Gasteiger partial charge is 0.322 e. The van der Waals surface area contributed by atoms with Gasteiger partial charge in [-0.15, -0.1) is 0 Å². The van der Waals surface area contributed by atoms with Gasteiger partial charge in [0.25, 0.3) is 0 Å². The van der Waals surface area contributed by atoms with Crippen molar-refractivity contribution in [2.24, 2.45) is 0 Å². The Morgan fingerprint density at radius 2 is 1.94 bits per heavy atom. The molecular formula is C10H19NO4S. The van der Waals surface area contributed by atoms with Crippen molar-refractivity contribution < 1.29 is 17.9 Å².